The summed E-state index contributed by atoms with van der Waals surface area (Å²) in [7, 11) is 1.00. The molecule has 2 N–H and O–H groups in total. The maximum atomic E-state index is 7.57. The van der Waals surface area contributed by atoms with Crippen molar-refractivity contribution in [2.75, 3.05) is 13.7 Å². The number of nitrogens with zero attached hydrogens (tertiary/aromatic N) is 1. The van der Waals surface area contributed by atoms with Gasteiger partial charge in [-0.05, 0) is 6.92 Å². The Morgan fingerprint density at radius 3 is 1.50 bits per heavy atom. The van der Waals surface area contributed by atoms with Crippen LogP contribution in [0.2, 0.25) is 0 Å². The molecule has 3 nitrogen and oxygen atoms in total. The zero-order chi connectivity index (χ0) is 7.41. The first kappa shape index (κ1) is 15.7. The summed E-state index contributed by atoms with van der Waals surface area (Å²) >= 11 is 0. The van der Waals surface area contributed by atoms with Gasteiger partial charge in [-0.25, -0.2) is 0 Å². The molecule has 0 unspecified atom stereocenters. The third-order valence-electron chi connectivity index (χ3n) is 0. The van der Waals surface area contributed by atoms with Gasteiger partial charge in [-0.1, -0.05) is 0 Å². The summed E-state index contributed by atoms with van der Waals surface area (Å²) in [5, 5.41) is 21.9. The Morgan fingerprint density at radius 2 is 1.50 bits per heavy atom. The van der Waals surface area contributed by atoms with Gasteiger partial charge >= 0.3 is 0 Å². The number of aliphatic hydroxyl groups is 2. The van der Waals surface area contributed by atoms with Crippen LogP contribution in [-0.4, -0.2) is 23.9 Å². The first-order valence-electron chi connectivity index (χ1n) is 2.19. The van der Waals surface area contributed by atoms with Crippen LogP contribution in [0.25, 0.3) is 0 Å². The van der Waals surface area contributed by atoms with Crippen LogP contribution in [0.3, 0.4) is 0 Å². The van der Waals surface area contributed by atoms with Crippen LogP contribution >= 0.6 is 0 Å². The van der Waals surface area contributed by atoms with E-state index in [9.17, 15) is 0 Å². The highest BCUT2D eigenvalue weighted by Crippen LogP contribution is 1.30. The molecule has 0 rings (SSSR count). The normalized spacial score (nSPS) is 4.00. The average Bonchev–Trinajstić information content (AvgIpc) is 1.75. The van der Waals surface area contributed by atoms with Crippen LogP contribution in [-0.2, 0) is 0 Å². The number of hydrogen-bond donors (Lipinski definition) is 2. The Morgan fingerprint density at radius 1 is 1.50 bits per heavy atom. The molecule has 0 aromatic carbocycles. The Kier molecular flexibility index (Phi) is 185. The van der Waals surface area contributed by atoms with Gasteiger partial charge in [-0.3, -0.25) is 0 Å². The van der Waals surface area contributed by atoms with Crippen molar-refractivity contribution >= 4 is 0 Å². The van der Waals surface area contributed by atoms with E-state index in [1.54, 1.807) is 13.0 Å². The zero-order valence-electron chi connectivity index (χ0n) is 5.55. The number of hydrogen-bond acceptors (Lipinski definition) is 3. The smallest absolute Gasteiger partial charge is 0.0587 e. The molecular formula is C5H13NO2. The number of aliphatic hydroxyl groups excluding tert-OH is 2. The minimum atomic E-state index is 0.250. The fourth-order valence-corrected chi connectivity index (χ4v) is 0. The van der Waals surface area contributed by atoms with E-state index in [2.05, 4.69) is 0 Å². The molecule has 0 spiro atoms. The lowest BCUT2D eigenvalue weighted by Gasteiger charge is -1.52. The maximum absolute atomic E-state index is 7.57. The summed E-state index contributed by atoms with van der Waals surface area (Å²) in [5.74, 6) is 0. The van der Waals surface area contributed by atoms with Gasteiger partial charge in [0.1, 0.15) is 0 Å². The predicted octanol–water partition coefficient (Wildman–Crippen LogP) is 0.137. The molecule has 0 aromatic heterocycles. The van der Waals surface area contributed by atoms with Gasteiger partial charge in [-0.2, -0.15) is 5.26 Å². The van der Waals surface area contributed by atoms with Crippen molar-refractivity contribution in [3.63, 3.8) is 0 Å². The second kappa shape index (κ2) is 94.4. The van der Waals surface area contributed by atoms with E-state index in [4.69, 9.17) is 15.5 Å². The molecule has 0 aliphatic carbocycles. The van der Waals surface area contributed by atoms with E-state index in [0.717, 1.165) is 7.11 Å². The van der Waals surface area contributed by atoms with Crippen LogP contribution < -0.4 is 0 Å². The molecule has 0 radical (unpaired) electrons. The monoisotopic (exact) mass is 119 g/mol. The summed E-state index contributed by atoms with van der Waals surface area (Å²) in [4.78, 5) is 0. The van der Waals surface area contributed by atoms with Crippen molar-refractivity contribution < 1.29 is 10.2 Å². The highest BCUT2D eigenvalue weighted by atomic mass is 16.2. The maximum Gasteiger partial charge on any atom is 0.0587 e. The molecular weight excluding hydrogens is 106 g/mol. The first-order chi connectivity index (χ1) is 3.83. The molecule has 8 heavy (non-hydrogen) atoms. The lowest BCUT2D eigenvalue weighted by atomic mass is 10.9. The van der Waals surface area contributed by atoms with Crippen LogP contribution in [0.4, 0.5) is 0 Å². The molecule has 50 valence electrons. The summed E-state index contributed by atoms with van der Waals surface area (Å²) < 4.78 is 0. The highest BCUT2D eigenvalue weighted by Gasteiger charge is 1.34. The van der Waals surface area contributed by atoms with Crippen LogP contribution in [0.1, 0.15) is 13.8 Å². The molecule has 0 saturated carbocycles. The zero-order valence-corrected chi connectivity index (χ0v) is 5.55. The first-order valence-corrected chi connectivity index (χ1v) is 2.19. The second-order valence-corrected chi connectivity index (χ2v) is 0.540. The molecule has 0 aliphatic heterocycles. The van der Waals surface area contributed by atoms with Gasteiger partial charge in [0, 0.05) is 20.6 Å². The van der Waals surface area contributed by atoms with Crippen molar-refractivity contribution in [2.45, 2.75) is 13.8 Å². The van der Waals surface area contributed by atoms with Crippen molar-refractivity contribution in [3.05, 3.63) is 0 Å². The summed E-state index contributed by atoms with van der Waals surface area (Å²) in [6.07, 6.45) is 0. The molecule has 0 aliphatic rings. The Balaban J connectivity index is -0.0000000483. The Hall–Kier alpha value is -0.590. The van der Waals surface area contributed by atoms with E-state index in [0.29, 0.717) is 0 Å². The number of nitriles is 1. The molecule has 0 amide bonds. The van der Waals surface area contributed by atoms with Gasteiger partial charge in [0.15, 0.2) is 0 Å². The lowest BCUT2D eigenvalue weighted by molar-refractivity contribution is 0.318. The van der Waals surface area contributed by atoms with Gasteiger partial charge in [-0.15, -0.1) is 0 Å². The van der Waals surface area contributed by atoms with E-state index in [-0.39, 0.29) is 6.61 Å². The fourth-order valence-electron chi connectivity index (χ4n) is 0. The molecule has 3 heteroatoms. The topological polar surface area (TPSA) is 64.2 Å². The molecule has 0 heterocycles. The predicted molar refractivity (Wildman–Crippen MR) is 32.2 cm³/mol. The summed E-state index contributed by atoms with van der Waals surface area (Å²) in [6, 6.07) is 1.75. The minimum absolute atomic E-state index is 0.250. The van der Waals surface area contributed by atoms with E-state index in [1.165, 1.54) is 6.92 Å². The van der Waals surface area contributed by atoms with Crippen LogP contribution in [0.5, 0.6) is 0 Å². The molecule has 0 aromatic rings. The largest absolute Gasteiger partial charge is 0.400 e. The third-order valence-corrected chi connectivity index (χ3v) is 0. The van der Waals surface area contributed by atoms with Gasteiger partial charge < -0.3 is 10.2 Å². The van der Waals surface area contributed by atoms with E-state index < -0.39 is 0 Å². The van der Waals surface area contributed by atoms with Crippen molar-refractivity contribution in [3.8, 4) is 6.07 Å². The molecule has 0 atom stereocenters. The van der Waals surface area contributed by atoms with Crippen molar-refractivity contribution in [2.24, 2.45) is 0 Å². The second-order valence-electron chi connectivity index (χ2n) is 0.540. The van der Waals surface area contributed by atoms with Gasteiger partial charge in [0.05, 0.1) is 6.07 Å². The van der Waals surface area contributed by atoms with E-state index >= 15 is 0 Å². The SMILES string of the molecule is CC#N.CCO.CO. The summed E-state index contributed by atoms with van der Waals surface area (Å²) in [5.41, 5.74) is 0. The van der Waals surface area contributed by atoms with Crippen LogP contribution in [0, 0.1) is 11.3 Å². The molecule has 0 saturated heterocycles. The van der Waals surface area contributed by atoms with Gasteiger partial charge in [0.2, 0.25) is 0 Å². The van der Waals surface area contributed by atoms with Crippen LogP contribution in [0.15, 0.2) is 0 Å². The van der Waals surface area contributed by atoms with Gasteiger partial charge in [0.25, 0.3) is 0 Å². The quantitative estimate of drug-likeness (QED) is 0.476. The summed E-state index contributed by atoms with van der Waals surface area (Å²) in [6.45, 7) is 3.36. The van der Waals surface area contributed by atoms with Crippen molar-refractivity contribution in [1.29, 1.82) is 5.26 Å². The number of rotatable bonds is 0. The fraction of sp³-hybridized carbons (Fsp3) is 0.800. The third kappa shape index (κ3) is 302. The Labute approximate surface area is 50.2 Å². The standard InChI is InChI=1S/C2H3N.C2H6O.CH4O/c2*1-2-3;1-2/h1H3;3H,2H2,1H3;2H,1H3. The minimum Gasteiger partial charge on any atom is -0.400 e. The van der Waals surface area contributed by atoms with E-state index in [1.807, 2.05) is 0 Å². The molecule has 0 fully saturated rings. The Bertz CT molecular complexity index is 40.2. The average molecular weight is 119 g/mol. The lowest BCUT2D eigenvalue weighted by Crippen LogP contribution is -1.57. The molecule has 0 bridgehead atoms. The van der Waals surface area contributed by atoms with Crippen molar-refractivity contribution in [1.82, 2.24) is 0 Å². The highest BCUT2D eigenvalue weighted by molar-refractivity contribution is 4.51.